The molecule has 0 spiro atoms. The van der Waals surface area contributed by atoms with Crippen molar-refractivity contribution in [3.63, 3.8) is 0 Å². The zero-order chi connectivity index (χ0) is 14.7. The van der Waals surface area contributed by atoms with Crippen molar-refractivity contribution in [3.05, 3.63) is 57.8 Å². The quantitative estimate of drug-likeness (QED) is 0.814. The molecule has 2 aromatic rings. The van der Waals surface area contributed by atoms with Crippen LogP contribution >= 0.6 is 11.3 Å². The van der Waals surface area contributed by atoms with Gasteiger partial charge in [-0.1, -0.05) is 18.2 Å². The molecule has 1 saturated carbocycles. The second-order valence-electron chi connectivity index (χ2n) is 5.38. The van der Waals surface area contributed by atoms with Crippen molar-refractivity contribution in [2.24, 2.45) is 0 Å². The summed E-state index contributed by atoms with van der Waals surface area (Å²) in [4.78, 5) is 16.0. The molecule has 0 saturated heterocycles. The largest absolute Gasteiger partial charge is 0.380 e. The minimum Gasteiger partial charge on any atom is -0.380 e. The number of carbonyl (C=O) groups is 1. The maximum absolute atomic E-state index is 12.8. The number of amides is 1. The van der Waals surface area contributed by atoms with Crippen molar-refractivity contribution >= 4 is 17.2 Å². The predicted molar refractivity (Wildman–Crippen MR) is 84.4 cm³/mol. The molecule has 110 valence electrons. The molecule has 0 radical (unpaired) electrons. The highest BCUT2D eigenvalue weighted by atomic mass is 32.1. The Morgan fingerprint density at radius 1 is 1.33 bits per heavy atom. The van der Waals surface area contributed by atoms with E-state index >= 15 is 0 Å². The van der Waals surface area contributed by atoms with E-state index in [4.69, 9.17) is 4.74 Å². The van der Waals surface area contributed by atoms with Gasteiger partial charge in [0.05, 0.1) is 13.2 Å². The number of rotatable bonds is 6. The van der Waals surface area contributed by atoms with Crippen LogP contribution in [0.2, 0.25) is 0 Å². The minimum atomic E-state index is 0.129. The molecule has 0 unspecified atom stereocenters. The van der Waals surface area contributed by atoms with Gasteiger partial charge in [-0.3, -0.25) is 4.79 Å². The smallest absolute Gasteiger partial charge is 0.254 e. The summed E-state index contributed by atoms with van der Waals surface area (Å²) in [5.74, 6) is 0.129. The van der Waals surface area contributed by atoms with E-state index in [1.165, 1.54) is 4.88 Å². The Labute approximate surface area is 129 Å². The topological polar surface area (TPSA) is 29.5 Å². The Bertz CT molecular complexity index is 605. The van der Waals surface area contributed by atoms with E-state index in [0.29, 0.717) is 12.6 Å². The number of carbonyl (C=O) groups excluding carboxylic acids is 1. The van der Waals surface area contributed by atoms with E-state index in [9.17, 15) is 4.79 Å². The number of methoxy groups -OCH3 is 1. The molecule has 3 nitrogen and oxygen atoms in total. The summed E-state index contributed by atoms with van der Waals surface area (Å²) < 4.78 is 5.14. The van der Waals surface area contributed by atoms with Crippen LogP contribution in [0, 0.1) is 0 Å². The van der Waals surface area contributed by atoms with Gasteiger partial charge in [0, 0.05) is 23.6 Å². The van der Waals surface area contributed by atoms with Crippen LogP contribution in [0.3, 0.4) is 0 Å². The van der Waals surface area contributed by atoms with Crippen LogP contribution in [0.5, 0.6) is 0 Å². The maximum Gasteiger partial charge on any atom is 0.254 e. The van der Waals surface area contributed by atoms with Crippen LogP contribution in [0.4, 0.5) is 0 Å². The van der Waals surface area contributed by atoms with Crippen molar-refractivity contribution in [2.75, 3.05) is 7.11 Å². The van der Waals surface area contributed by atoms with Crippen LogP contribution in [0.25, 0.3) is 0 Å². The maximum atomic E-state index is 12.8. The number of hydrogen-bond acceptors (Lipinski definition) is 3. The molecule has 0 atom stereocenters. The number of benzene rings is 1. The van der Waals surface area contributed by atoms with Gasteiger partial charge in [0.15, 0.2) is 0 Å². The fourth-order valence-electron chi connectivity index (χ4n) is 2.45. The summed E-state index contributed by atoms with van der Waals surface area (Å²) in [6, 6.07) is 12.3. The highest BCUT2D eigenvalue weighted by Crippen LogP contribution is 2.30. The van der Waals surface area contributed by atoms with Gasteiger partial charge in [-0.25, -0.2) is 0 Å². The molecular weight excluding hydrogens is 282 g/mol. The van der Waals surface area contributed by atoms with Gasteiger partial charge in [-0.05, 0) is 42.0 Å². The number of nitrogens with zero attached hydrogens (tertiary/aromatic N) is 1. The molecule has 0 N–H and O–H groups in total. The molecular formula is C17H19NO2S. The summed E-state index contributed by atoms with van der Waals surface area (Å²) in [7, 11) is 1.67. The minimum absolute atomic E-state index is 0.129. The third-order valence-corrected chi connectivity index (χ3v) is 4.50. The first-order valence-corrected chi connectivity index (χ1v) is 8.07. The molecule has 4 heteroatoms. The standard InChI is InChI=1S/C17H19NO2S/c1-20-12-13-4-2-5-14(10-13)17(19)18(15-7-8-15)11-16-6-3-9-21-16/h2-6,9-10,15H,7-8,11-12H2,1H3. The molecule has 1 heterocycles. The molecule has 3 rings (SSSR count). The first-order valence-electron chi connectivity index (χ1n) is 7.19. The summed E-state index contributed by atoms with van der Waals surface area (Å²) in [6.07, 6.45) is 2.24. The van der Waals surface area contributed by atoms with E-state index in [1.807, 2.05) is 35.2 Å². The third-order valence-electron chi connectivity index (χ3n) is 3.64. The van der Waals surface area contributed by atoms with E-state index in [1.54, 1.807) is 18.4 Å². The Morgan fingerprint density at radius 3 is 2.86 bits per heavy atom. The molecule has 1 aliphatic rings. The SMILES string of the molecule is COCc1cccc(C(=O)N(Cc2cccs2)C2CC2)c1. The molecule has 1 amide bonds. The second-order valence-corrected chi connectivity index (χ2v) is 6.41. The van der Waals surface area contributed by atoms with E-state index in [-0.39, 0.29) is 5.91 Å². The lowest BCUT2D eigenvalue weighted by atomic mass is 10.1. The van der Waals surface area contributed by atoms with Crippen LogP contribution < -0.4 is 0 Å². The van der Waals surface area contributed by atoms with Crippen LogP contribution in [0.1, 0.15) is 33.6 Å². The molecule has 21 heavy (non-hydrogen) atoms. The van der Waals surface area contributed by atoms with Crippen molar-refractivity contribution < 1.29 is 9.53 Å². The van der Waals surface area contributed by atoms with Crippen LogP contribution in [0.15, 0.2) is 41.8 Å². The highest BCUT2D eigenvalue weighted by Gasteiger charge is 2.33. The van der Waals surface area contributed by atoms with Gasteiger partial charge in [-0.15, -0.1) is 11.3 Å². The average Bonchev–Trinajstić information content (AvgIpc) is 3.21. The van der Waals surface area contributed by atoms with E-state index in [0.717, 1.165) is 30.5 Å². The fraction of sp³-hybridized carbons (Fsp3) is 0.353. The zero-order valence-electron chi connectivity index (χ0n) is 12.1. The lowest BCUT2D eigenvalue weighted by Gasteiger charge is -2.22. The molecule has 1 aromatic carbocycles. The van der Waals surface area contributed by atoms with Gasteiger partial charge in [0.1, 0.15) is 0 Å². The van der Waals surface area contributed by atoms with Gasteiger partial charge in [-0.2, -0.15) is 0 Å². The van der Waals surface area contributed by atoms with Crippen molar-refractivity contribution in [1.29, 1.82) is 0 Å². The van der Waals surface area contributed by atoms with Crippen LogP contribution in [-0.2, 0) is 17.9 Å². The predicted octanol–water partition coefficient (Wildman–Crippen LogP) is 3.70. The Morgan fingerprint density at radius 2 is 2.19 bits per heavy atom. The number of hydrogen-bond donors (Lipinski definition) is 0. The van der Waals surface area contributed by atoms with E-state index in [2.05, 4.69) is 11.4 Å². The average molecular weight is 301 g/mol. The van der Waals surface area contributed by atoms with Crippen molar-refractivity contribution in [1.82, 2.24) is 4.90 Å². The monoisotopic (exact) mass is 301 g/mol. The summed E-state index contributed by atoms with van der Waals surface area (Å²) in [6.45, 7) is 1.26. The summed E-state index contributed by atoms with van der Waals surface area (Å²) in [5.41, 5.74) is 1.79. The Balaban J connectivity index is 1.79. The zero-order valence-corrected chi connectivity index (χ0v) is 12.9. The van der Waals surface area contributed by atoms with Gasteiger partial charge in [0.25, 0.3) is 5.91 Å². The van der Waals surface area contributed by atoms with Crippen molar-refractivity contribution in [2.45, 2.75) is 32.0 Å². The highest BCUT2D eigenvalue weighted by molar-refractivity contribution is 7.09. The molecule has 1 fully saturated rings. The molecule has 1 aromatic heterocycles. The third kappa shape index (κ3) is 3.52. The van der Waals surface area contributed by atoms with Gasteiger partial charge >= 0.3 is 0 Å². The first kappa shape index (κ1) is 14.3. The first-order chi connectivity index (χ1) is 10.3. The lowest BCUT2D eigenvalue weighted by molar-refractivity contribution is 0.0731. The normalized spacial score (nSPS) is 14.1. The number of ether oxygens (including phenoxy) is 1. The summed E-state index contributed by atoms with van der Waals surface area (Å²) >= 11 is 1.71. The molecule has 0 aliphatic heterocycles. The van der Waals surface area contributed by atoms with Crippen LogP contribution in [-0.4, -0.2) is 24.0 Å². The molecule has 0 bridgehead atoms. The number of thiophene rings is 1. The van der Waals surface area contributed by atoms with E-state index < -0.39 is 0 Å². The Hall–Kier alpha value is -1.65. The lowest BCUT2D eigenvalue weighted by Crippen LogP contribution is -2.32. The second kappa shape index (κ2) is 6.41. The summed E-state index contributed by atoms with van der Waals surface area (Å²) in [5, 5.41) is 2.06. The Kier molecular flexibility index (Phi) is 4.36. The fourth-order valence-corrected chi connectivity index (χ4v) is 3.15. The van der Waals surface area contributed by atoms with Crippen molar-refractivity contribution in [3.8, 4) is 0 Å². The molecule has 1 aliphatic carbocycles. The van der Waals surface area contributed by atoms with Gasteiger partial charge in [0.2, 0.25) is 0 Å². The van der Waals surface area contributed by atoms with Gasteiger partial charge < -0.3 is 9.64 Å².